The van der Waals surface area contributed by atoms with E-state index in [1.54, 1.807) is 0 Å². The van der Waals surface area contributed by atoms with Crippen LogP contribution in [0.3, 0.4) is 0 Å². The summed E-state index contributed by atoms with van der Waals surface area (Å²) in [4.78, 5) is 26.3. The molecule has 2 atom stereocenters. The highest BCUT2D eigenvalue weighted by molar-refractivity contribution is 6.25. The lowest BCUT2D eigenvalue weighted by Gasteiger charge is -2.21. The van der Waals surface area contributed by atoms with Gasteiger partial charge < -0.3 is 0 Å². The minimum atomic E-state index is -1.13. The van der Waals surface area contributed by atoms with Crippen LogP contribution in [0.2, 0.25) is 0 Å². The number of hydrogen-bond donors (Lipinski definition) is 0. The maximum Gasteiger partial charge on any atom is 0.263 e. The standard InChI is InChI=1S/C19H16F2N4O2/c1-10-3-4-11(2)12(7-10)9-24-17-16(22-23-24)18(26)25(19(17)27)13-5-6-14(20)15(21)8-13/h3-8,16-17H,9H2,1-2H3/t16-,17-/m0/s1. The zero-order valence-corrected chi connectivity index (χ0v) is 14.7. The van der Waals surface area contributed by atoms with Gasteiger partial charge >= 0.3 is 0 Å². The van der Waals surface area contributed by atoms with E-state index in [2.05, 4.69) is 10.3 Å². The Bertz CT molecular complexity index is 992. The molecule has 1 saturated heterocycles. The van der Waals surface area contributed by atoms with E-state index in [9.17, 15) is 18.4 Å². The number of aryl methyl sites for hydroxylation is 2. The first-order chi connectivity index (χ1) is 12.9. The second-order valence-corrected chi connectivity index (χ2v) is 6.73. The smallest absolute Gasteiger partial charge is 0.263 e. The van der Waals surface area contributed by atoms with E-state index in [0.29, 0.717) is 6.54 Å². The molecule has 0 aromatic heterocycles. The number of benzene rings is 2. The number of carbonyl (C=O) groups is 2. The molecule has 0 saturated carbocycles. The predicted molar refractivity (Wildman–Crippen MR) is 92.7 cm³/mol. The van der Waals surface area contributed by atoms with Crippen LogP contribution in [0, 0.1) is 25.5 Å². The van der Waals surface area contributed by atoms with Gasteiger partial charge in [-0.05, 0) is 37.1 Å². The molecule has 0 radical (unpaired) electrons. The molecular weight excluding hydrogens is 354 g/mol. The molecule has 2 aliphatic rings. The van der Waals surface area contributed by atoms with E-state index in [4.69, 9.17) is 0 Å². The number of imide groups is 1. The number of amides is 2. The van der Waals surface area contributed by atoms with Crippen molar-refractivity contribution in [2.45, 2.75) is 32.5 Å². The lowest BCUT2D eigenvalue weighted by molar-refractivity contribution is -0.123. The number of fused-ring (bicyclic) bond motifs is 1. The van der Waals surface area contributed by atoms with Gasteiger partial charge in [0.2, 0.25) is 0 Å². The van der Waals surface area contributed by atoms with Crippen LogP contribution in [0.25, 0.3) is 0 Å². The van der Waals surface area contributed by atoms with E-state index in [1.807, 2.05) is 32.0 Å². The molecule has 2 heterocycles. The molecule has 27 heavy (non-hydrogen) atoms. The number of rotatable bonds is 3. The van der Waals surface area contributed by atoms with Crippen LogP contribution in [0.1, 0.15) is 16.7 Å². The minimum Gasteiger partial charge on any atom is -0.271 e. The number of hydrogen-bond acceptors (Lipinski definition) is 5. The largest absolute Gasteiger partial charge is 0.271 e. The molecule has 4 rings (SSSR count). The van der Waals surface area contributed by atoms with Gasteiger partial charge in [-0.1, -0.05) is 29.0 Å². The average molecular weight is 370 g/mol. The number of carbonyl (C=O) groups excluding carboxylic acids is 2. The Balaban J connectivity index is 1.63. The summed E-state index contributed by atoms with van der Waals surface area (Å²) >= 11 is 0. The van der Waals surface area contributed by atoms with Crippen molar-refractivity contribution in [3.63, 3.8) is 0 Å². The molecule has 6 nitrogen and oxygen atoms in total. The van der Waals surface area contributed by atoms with Gasteiger partial charge in [-0.2, -0.15) is 5.11 Å². The zero-order chi connectivity index (χ0) is 19.3. The van der Waals surface area contributed by atoms with Gasteiger partial charge in [0.1, 0.15) is 0 Å². The van der Waals surface area contributed by atoms with Gasteiger partial charge in [0.15, 0.2) is 23.7 Å². The quantitative estimate of drug-likeness (QED) is 0.780. The fourth-order valence-electron chi connectivity index (χ4n) is 3.38. The third kappa shape index (κ3) is 2.77. The Morgan fingerprint density at radius 2 is 1.78 bits per heavy atom. The van der Waals surface area contributed by atoms with Gasteiger partial charge in [-0.25, -0.2) is 13.7 Å². The summed E-state index contributed by atoms with van der Waals surface area (Å²) < 4.78 is 26.7. The number of halogens is 2. The Morgan fingerprint density at radius 3 is 2.52 bits per heavy atom. The fraction of sp³-hybridized carbons (Fsp3) is 0.263. The highest BCUT2D eigenvalue weighted by atomic mass is 19.2. The van der Waals surface area contributed by atoms with Gasteiger partial charge in [0.05, 0.1) is 12.2 Å². The molecule has 0 N–H and O–H groups in total. The summed E-state index contributed by atoms with van der Waals surface area (Å²) in [5.41, 5.74) is 3.07. The van der Waals surface area contributed by atoms with Crippen molar-refractivity contribution in [3.05, 3.63) is 64.7 Å². The van der Waals surface area contributed by atoms with Crippen LogP contribution in [0.4, 0.5) is 14.5 Å². The van der Waals surface area contributed by atoms with Crippen molar-refractivity contribution in [3.8, 4) is 0 Å². The Kier molecular flexibility index (Phi) is 3.98. The van der Waals surface area contributed by atoms with Crippen molar-refractivity contribution >= 4 is 17.5 Å². The summed E-state index contributed by atoms with van der Waals surface area (Å²) in [6.07, 6.45) is 0. The zero-order valence-electron chi connectivity index (χ0n) is 14.7. The van der Waals surface area contributed by atoms with Crippen LogP contribution in [-0.4, -0.2) is 28.9 Å². The van der Waals surface area contributed by atoms with Crippen molar-refractivity contribution < 1.29 is 18.4 Å². The van der Waals surface area contributed by atoms with Crippen LogP contribution in [0.5, 0.6) is 0 Å². The van der Waals surface area contributed by atoms with Gasteiger partial charge in [0.25, 0.3) is 11.8 Å². The monoisotopic (exact) mass is 370 g/mol. The molecule has 0 aliphatic carbocycles. The van der Waals surface area contributed by atoms with Gasteiger partial charge in [0, 0.05) is 6.07 Å². The molecule has 0 bridgehead atoms. The molecule has 2 aromatic rings. The van der Waals surface area contributed by atoms with Gasteiger partial charge in [-0.15, -0.1) is 0 Å². The minimum absolute atomic E-state index is 0.0137. The normalized spacial score (nSPS) is 21.3. The Hall–Kier alpha value is -3.16. The van der Waals surface area contributed by atoms with Crippen LogP contribution >= 0.6 is 0 Å². The topological polar surface area (TPSA) is 65.3 Å². The molecule has 0 unspecified atom stereocenters. The summed E-state index contributed by atoms with van der Waals surface area (Å²) in [7, 11) is 0. The van der Waals surface area contributed by atoms with Crippen LogP contribution < -0.4 is 4.90 Å². The van der Waals surface area contributed by atoms with E-state index < -0.39 is 35.5 Å². The van der Waals surface area contributed by atoms with E-state index in [-0.39, 0.29) is 5.69 Å². The third-order valence-corrected chi connectivity index (χ3v) is 4.86. The first-order valence-electron chi connectivity index (χ1n) is 8.43. The second-order valence-electron chi connectivity index (χ2n) is 6.73. The van der Waals surface area contributed by atoms with Crippen molar-refractivity contribution in [2.75, 3.05) is 4.90 Å². The van der Waals surface area contributed by atoms with Crippen LogP contribution in [0.15, 0.2) is 46.7 Å². The predicted octanol–water partition coefficient (Wildman–Crippen LogP) is 3.08. The molecule has 2 aliphatic heterocycles. The maximum atomic E-state index is 13.5. The molecule has 138 valence electrons. The van der Waals surface area contributed by atoms with Crippen molar-refractivity contribution in [1.29, 1.82) is 0 Å². The molecule has 0 spiro atoms. The summed E-state index contributed by atoms with van der Waals surface area (Å²) in [6, 6.07) is 7.01. The summed E-state index contributed by atoms with van der Waals surface area (Å²) in [6.45, 7) is 4.24. The third-order valence-electron chi connectivity index (χ3n) is 4.86. The van der Waals surface area contributed by atoms with Crippen LogP contribution in [-0.2, 0) is 16.1 Å². The fourth-order valence-corrected chi connectivity index (χ4v) is 3.38. The second kappa shape index (κ2) is 6.22. The molecule has 8 heteroatoms. The van der Waals surface area contributed by atoms with E-state index in [0.717, 1.165) is 33.7 Å². The number of nitrogens with zero attached hydrogens (tertiary/aromatic N) is 4. The first kappa shape index (κ1) is 17.3. The Labute approximate surface area is 154 Å². The van der Waals surface area contributed by atoms with Gasteiger partial charge in [-0.3, -0.25) is 14.6 Å². The Morgan fingerprint density at radius 1 is 1.00 bits per heavy atom. The maximum absolute atomic E-state index is 13.5. The highest BCUT2D eigenvalue weighted by Crippen LogP contribution is 2.33. The van der Waals surface area contributed by atoms with Crippen molar-refractivity contribution in [2.24, 2.45) is 10.3 Å². The average Bonchev–Trinajstić information content (AvgIpc) is 3.14. The number of anilines is 1. The molecular formula is C19H16F2N4O2. The highest BCUT2D eigenvalue weighted by Gasteiger charge is 2.54. The molecule has 2 amide bonds. The van der Waals surface area contributed by atoms with Crippen molar-refractivity contribution in [1.82, 2.24) is 5.01 Å². The molecule has 1 fully saturated rings. The summed E-state index contributed by atoms with van der Waals surface area (Å²) in [5, 5.41) is 9.43. The lowest BCUT2D eigenvalue weighted by Crippen LogP contribution is -2.39. The van der Waals surface area contributed by atoms with E-state index >= 15 is 0 Å². The van der Waals surface area contributed by atoms with E-state index in [1.165, 1.54) is 11.1 Å². The molecule has 2 aromatic carbocycles. The SMILES string of the molecule is Cc1ccc(C)c(CN2N=N[C@@H]3C(=O)N(c4ccc(F)c(F)c4)C(=O)[C@H]32)c1. The first-order valence-corrected chi connectivity index (χ1v) is 8.43. The summed E-state index contributed by atoms with van der Waals surface area (Å²) in [5.74, 6) is -3.32. The lowest BCUT2D eigenvalue weighted by atomic mass is 10.0.